The molecule has 0 bridgehead atoms. The summed E-state index contributed by atoms with van der Waals surface area (Å²) in [6.45, 7) is 4.91. The number of methoxy groups -OCH3 is 2. The minimum absolute atomic E-state index is 0.00321. The van der Waals surface area contributed by atoms with E-state index >= 15 is 0 Å². The van der Waals surface area contributed by atoms with E-state index in [1.165, 1.54) is 0 Å². The van der Waals surface area contributed by atoms with Crippen molar-refractivity contribution in [1.82, 2.24) is 0 Å². The summed E-state index contributed by atoms with van der Waals surface area (Å²) in [5.74, 6) is -0.0356. The lowest BCUT2D eigenvalue weighted by Crippen LogP contribution is -2.66. The second-order valence-corrected chi connectivity index (χ2v) is 8.24. The molecule has 1 saturated heterocycles. The van der Waals surface area contributed by atoms with Gasteiger partial charge in [0, 0.05) is 25.7 Å². The predicted molar refractivity (Wildman–Crippen MR) is 96.1 cm³/mol. The smallest absolute Gasteiger partial charge is 0.220 e. The fraction of sp³-hybridized carbons (Fsp3) is 1.00. The van der Waals surface area contributed by atoms with Gasteiger partial charge in [-0.05, 0) is 75.3 Å². The van der Waals surface area contributed by atoms with Crippen LogP contribution >= 0.6 is 0 Å². The molecule has 8 heteroatoms. The maximum absolute atomic E-state index is 8.66. The van der Waals surface area contributed by atoms with Crippen LogP contribution in [0.1, 0.15) is 39.5 Å². The van der Waals surface area contributed by atoms with Gasteiger partial charge in [-0.1, -0.05) is 5.11 Å². The molecule has 1 aliphatic heterocycles. The first kappa shape index (κ1) is 19.9. The first-order chi connectivity index (χ1) is 12.4. The molecule has 0 amide bonds. The van der Waals surface area contributed by atoms with Crippen LogP contribution in [0.4, 0.5) is 0 Å². The van der Waals surface area contributed by atoms with Crippen molar-refractivity contribution < 1.29 is 18.9 Å². The van der Waals surface area contributed by atoms with Gasteiger partial charge in [0.15, 0.2) is 0 Å². The lowest BCUT2D eigenvalue weighted by atomic mass is 9.62. The number of nitrogens with two attached hydrogens (primary N) is 1. The number of ether oxygens (including phenoxy) is 4. The van der Waals surface area contributed by atoms with E-state index in [0.717, 1.165) is 25.7 Å². The molecule has 0 radical (unpaired) electrons. The van der Waals surface area contributed by atoms with Crippen molar-refractivity contribution in [3.63, 3.8) is 0 Å². The Morgan fingerprint density at radius 2 is 1.50 bits per heavy atom. The first-order valence-electron chi connectivity index (χ1n) is 9.56. The summed E-state index contributed by atoms with van der Waals surface area (Å²) < 4.78 is 24.0. The number of hydrogen-bond donors (Lipinski definition) is 1. The van der Waals surface area contributed by atoms with Gasteiger partial charge in [0.2, 0.25) is 11.6 Å². The summed E-state index contributed by atoms with van der Waals surface area (Å²) >= 11 is 0. The van der Waals surface area contributed by atoms with Crippen molar-refractivity contribution in [2.75, 3.05) is 27.3 Å². The fourth-order valence-corrected chi connectivity index (χ4v) is 5.19. The minimum atomic E-state index is -0.950. The monoisotopic (exact) mass is 368 g/mol. The third-order valence-corrected chi connectivity index (χ3v) is 7.07. The molecular formula is C18H32N4O4. The van der Waals surface area contributed by atoms with Gasteiger partial charge in [-0.15, -0.1) is 0 Å². The molecule has 2 aliphatic carbocycles. The fourth-order valence-electron chi connectivity index (χ4n) is 5.19. The van der Waals surface area contributed by atoms with Gasteiger partial charge in [-0.25, -0.2) is 0 Å². The Labute approximate surface area is 155 Å². The van der Waals surface area contributed by atoms with Crippen LogP contribution in [0.15, 0.2) is 5.11 Å². The maximum atomic E-state index is 8.66. The SMILES string of the molecule is CO[C@@]1(C)O[C@@H]2C[C@H]3C[C@H](CN=[N+]=[N-])[C@@H](CN)C[C@H]3C[C@H]2O[C@]1(C)OC. The number of hydrogen-bond acceptors (Lipinski definition) is 6. The van der Waals surface area contributed by atoms with E-state index in [9.17, 15) is 0 Å². The second kappa shape index (κ2) is 7.62. The standard InChI is InChI=1S/C18H32N4O4/c1-17(23-3)18(2,24-4)26-16-8-12-6-14(10-21-22-20)13(9-19)5-11(12)7-15(16)25-17/h11-16H,5-10,19H2,1-4H3/t11-,12+,13+,14+,15+,16+,17-,18-/m0/s1. The number of rotatable bonds is 5. The zero-order chi connectivity index (χ0) is 18.9. The molecule has 3 aliphatic rings. The largest absolute Gasteiger partial charge is 0.349 e. The molecule has 3 rings (SSSR count). The average molecular weight is 368 g/mol. The summed E-state index contributed by atoms with van der Waals surface area (Å²) in [7, 11) is 3.24. The molecule has 0 aromatic carbocycles. The Kier molecular flexibility index (Phi) is 5.82. The van der Waals surface area contributed by atoms with Crippen LogP contribution in [-0.4, -0.2) is 51.1 Å². The molecule has 8 nitrogen and oxygen atoms in total. The third kappa shape index (κ3) is 3.35. The number of nitrogens with zero attached hydrogens (tertiary/aromatic N) is 3. The third-order valence-electron chi connectivity index (χ3n) is 7.07. The van der Waals surface area contributed by atoms with E-state index in [-0.39, 0.29) is 12.2 Å². The Hall–Kier alpha value is -0.890. The van der Waals surface area contributed by atoms with Crippen molar-refractivity contribution in [3.05, 3.63) is 10.4 Å². The van der Waals surface area contributed by atoms with Crippen molar-refractivity contribution >= 4 is 0 Å². The van der Waals surface area contributed by atoms with Gasteiger partial charge < -0.3 is 24.7 Å². The molecule has 0 spiro atoms. The van der Waals surface area contributed by atoms with E-state index < -0.39 is 11.6 Å². The van der Waals surface area contributed by atoms with Crippen LogP contribution in [0.3, 0.4) is 0 Å². The van der Waals surface area contributed by atoms with Gasteiger partial charge in [0.1, 0.15) is 0 Å². The van der Waals surface area contributed by atoms with Gasteiger partial charge in [-0.2, -0.15) is 0 Å². The minimum Gasteiger partial charge on any atom is -0.349 e. The number of fused-ring (bicyclic) bond motifs is 2. The molecule has 0 unspecified atom stereocenters. The summed E-state index contributed by atoms with van der Waals surface area (Å²) in [4.78, 5) is 2.93. The molecule has 1 heterocycles. The molecule has 0 aromatic rings. The zero-order valence-corrected chi connectivity index (χ0v) is 16.3. The van der Waals surface area contributed by atoms with Crippen LogP contribution < -0.4 is 5.73 Å². The molecule has 0 aromatic heterocycles. The van der Waals surface area contributed by atoms with E-state index in [1.54, 1.807) is 14.2 Å². The Morgan fingerprint density at radius 1 is 1.00 bits per heavy atom. The summed E-state index contributed by atoms with van der Waals surface area (Å²) in [5.41, 5.74) is 14.7. The first-order valence-corrected chi connectivity index (χ1v) is 9.56. The zero-order valence-electron chi connectivity index (χ0n) is 16.3. The van der Waals surface area contributed by atoms with Gasteiger partial charge in [-0.3, -0.25) is 0 Å². The van der Waals surface area contributed by atoms with Crippen molar-refractivity contribution in [1.29, 1.82) is 0 Å². The van der Waals surface area contributed by atoms with Crippen LogP contribution in [0, 0.1) is 23.7 Å². The van der Waals surface area contributed by atoms with Gasteiger partial charge in [0.25, 0.3) is 0 Å². The van der Waals surface area contributed by atoms with Crippen molar-refractivity contribution in [2.24, 2.45) is 34.5 Å². The Bertz CT molecular complexity index is 557. The lowest BCUT2D eigenvalue weighted by Gasteiger charge is -2.56. The Balaban J connectivity index is 1.75. The molecule has 8 atom stereocenters. The lowest BCUT2D eigenvalue weighted by molar-refractivity contribution is -0.454. The Morgan fingerprint density at radius 3 is 1.92 bits per heavy atom. The van der Waals surface area contributed by atoms with Crippen molar-refractivity contribution in [3.8, 4) is 0 Å². The van der Waals surface area contributed by atoms with E-state index in [0.29, 0.717) is 36.8 Å². The topological polar surface area (TPSA) is 112 Å². The molecule has 2 N–H and O–H groups in total. The van der Waals surface area contributed by atoms with E-state index in [1.807, 2.05) is 13.8 Å². The highest BCUT2D eigenvalue weighted by Crippen LogP contribution is 2.51. The molecular weight excluding hydrogens is 336 g/mol. The molecule has 3 fully saturated rings. The van der Waals surface area contributed by atoms with Crippen LogP contribution in [0.2, 0.25) is 0 Å². The van der Waals surface area contributed by atoms with Gasteiger partial charge in [0.05, 0.1) is 12.2 Å². The highest BCUT2D eigenvalue weighted by molar-refractivity contribution is 4.99. The van der Waals surface area contributed by atoms with Gasteiger partial charge >= 0.3 is 0 Å². The van der Waals surface area contributed by atoms with Crippen molar-refractivity contribution in [2.45, 2.75) is 63.3 Å². The maximum Gasteiger partial charge on any atom is 0.220 e. The van der Waals surface area contributed by atoms with Crippen LogP contribution in [0.5, 0.6) is 0 Å². The predicted octanol–water partition coefficient (Wildman–Crippen LogP) is 2.82. The average Bonchev–Trinajstić information content (AvgIpc) is 2.65. The highest BCUT2D eigenvalue weighted by atomic mass is 16.8. The number of azide groups is 1. The summed E-state index contributed by atoms with van der Waals surface area (Å²) in [5, 5.41) is 3.81. The van der Waals surface area contributed by atoms with E-state index in [2.05, 4.69) is 10.0 Å². The van der Waals surface area contributed by atoms with Crippen LogP contribution in [0.25, 0.3) is 10.4 Å². The van der Waals surface area contributed by atoms with E-state index in [4.69, 9.17) is 30.2 Å². The molecule has 148 valence electrons. The summed E-state index contributed by atoms with van der Waals surface area (Å²) in [6.07, 6.45) is 3.95. The van der Waals surface area contributed by atoms with Crippen LogP contribution in [-0.2, 0) is 18.9 Å². The summed E-state index contributed by atoms with van der Waals surface area (Å²) in [6, 6.07) is 0. The molecule has 2 saturated carbocycles. The second-order valence-electron chi connectivity index (χ2n) is 8.24. The highest BCUT2D eigenvalue weighted by Gasteiger charge is 2.58. The quantitative estimate of drug-likeness (QED) is 0.455. The molecule has 26 heavy (non-hydrogen) atoms. The normalized spacial score (nSPS) is 48.2.